The van der Waals surface area contributed by atoms with Crippen molar-refractivity contribution >= 4 is 23.2 Å². The summed E-state index contributed by atoms with van der Waals surface area (Å²) < 4.78 is 5.08. The summed E-state index contributed by atoms with van der Waals surface area (Å²) in [7, 11) is 0. The minimum Gasteiger partial charge on any atom is -0.480 e. The summed E-state index contributed by atoms with van der Waals surface area (Å²) in [5.41, 5.74) is 0.0697. The van der Waals surface area contributed by atoms with E-state index < -0.39 is 17.9 Å². The van der Waals surface area contributed by atoms with Gasteiger partial charge >= 0.3 is 5.97 Å². The summed E-state index contributed by atoms with van der Waals surface area (Å²) in [5, 5.41) is 17.0. The lowest BCUT2D eigenvalue weighted by molar-refractivity contribution is -0.140. The Balaban J connectivity index is 2.12. The standard InChI is InChI=1S/C13H14N2O4S/c1-7(2)11(13(17)18)14-12(16)8-6-9(19-15-8)10-4-3-5-20-10/h3-7,11H,1-2H3,(H,14,16)(H,17,18)/t11-/m1/s1. The molecule has 0 fully saturated rings. The first-order valence-corrected chi connectivity index (χ1v) is 6.91. The molecule has 0 aliphatic rings. The second-order valence-corrected chi connectivity index (χ2v) is 5.53. The number of carbonyl (C=O) groups is 2. The summed E-state index contributed by atoms with van der Waals surface area (Å²) in [4.78, 5) is 23.9. The summed E-state index contributed by atoms with van der Waals surface area (Å²) in [6, 6.07) is 4.26. The summed E-state index contributed by atoms with van der Waals surface area (Å²) in [5.74, 6) is -1.37. The number of nitrogens with one attached hydrogen (secondary N) is 1. The smallest absolute Gasteiger partial charge is 0.326 e. The van der Waals surface area contributed by atoms with Crippen LogP contribution in [0.2, 0.25) is 0 Å². The van der Waals surface area contributed by atoms with Crippen LogP contribution in [0, 0.1) is 5.92 Å². The number of amides is 1. The molecule has 20 heavy (non-hydrogen) atoms. The number of nitrogens with zero attached hydrogens (tertiary/aromatic N) is 1. The van der Waals surface area contributed by atoms with Crippen LogP contribution >= 0.6 is 11.3 Å². The van der Waals surface area contributed by atoms with Crippen molar-refractivity contribution in [2.45, 2.75) is 19.9 Å². The Labute approximate surface area is 119 Å². The van der Waals surface area contributed by atoms with E-state index in [1.807, 2.05) is 17.5 Å². The maximum atomic E-state index is 12.0. The van der Waals surface area contributed by atoms with Crippen molar-refractivity contribution in [3.63, 3.8) is 0 Å². The van der Waals surface area contributed by atoms with Gasteiger partial charge in [0.2, 0.25) is 0 Å². The normalized spacial score (nSPS) is 12.3. The first-order valence-electron chi connectivity index (χ1n) is 6.03. The molecule has 106 valence electrons. The molecule has 2 N–H and O–H groups in total. The minimum absolute atomic E-state index is 0.0697. The van der Waals surface area contributed by atoms with Gasteiger partial charge in [-0.05, 0) is 17.4 Å². The van der Waals surface area contributed by atoms with Crippen LogP contribution in [0.4, 0.5) is 0 Å². The highest BCUT2D eigenvalue weighted by Gasteiger charge is 2.25. The Morgan fingerprint density at radius 1 is 1.45 bits per heavy atom. The van der Waals surface area contributed by atoms with Gasteiger partial charge in [-0.25, -0.2) is 4.79 Å². The molecule has 0 saturated heterocycles. The molecule has 0 aliphatic carbocycles. The van der Waals surface area contributed by atoms with Gasteiger partial charge in [0.05, 0.1) is 4.88 Å². The molecule has 0 radical (unpaired) electrons. The lowest BCUT2D eigenvalue weighted by Crippen LogP contribution is -2.44. The Morgan fingerprint density at radius 2 is 2.20 bits per heavy atom. The third-order valence-electron chi connectivity index (χ3n) is 2.73. The number of carboxylic acids is 1. The maximum Gasteiger partial charge on any atom is 0.326 e. The van der Waals surface area contributed by atoms with E-state index >= 15 is 0 Å². The highest BCUT2D eigenvalue weighted by Crippen LogP contribution is 2.25. The van der Waals surface area contributed by atoms with Crippen LogP contribution < -0.4 is 5.32 Å². The molecule has 2 rings (SSSR count). The zero-order valence-corrected chi connectivity index (χ0v) is 11.8. The van der Waals surface area contributed by atoms with Gasteiger partial charge in [-0.15, -0.1) is 11.3 Å². The fourth-order valence-electron chi connectivity index (χ4n) is 1.65. The Hall–Kier alpha value is -2.15. The molecule has 0 bridgehead atoms. The topological polar surface area (TPSA) is 92.4 Å². The van der Waals surface area contributed by atoms with Crippen molar-refractivity contribution < 1.29 is 19.2 Å². The lowest BCUT2D eigenvalue weighted by atomic mass is 10.0. The molecule has 0 aliphatic heterocycles. The number of aromatic nitrogens is 1. The van der Waals surface area contributed by atoms with Crippen molar-refractivity contribution in [3.8, 4) is 10.6 Å². The number of rotatable bonds is 5. The molecule has 6 nitrogen and oxygen atoms in total. The maximum absolute atomic E-state index is 12.0. The Bertz CT molecular complexity index is 604. The van der Waals surface area contributed by atoms with Gasteiger partial charge < -0.3 is 14.9 Å². The molecule has 2 heterocycles. The first kappa shape index (κ1) is 14.3. The highest BCUT2D eigenvalue weighted by atomic mass is 32.1. The predicted molar refractivity (Wildman–Crippen MR) is 73.5 cm³/mol. The van der Waals surface area contributed by atoms with Crippen molar-refractivity contribution in [3.05, 3.63) is 29.3 Å². The van der Waals surface area contributed by atoms with E-state index in [2.05, 4.69) is 10.5 Å². The van der Waals surface area contributed by atoms with Crippen LogP contribution in [0.5, 0.6) is 0 Å². The number of hydrogen-bond donors (Lipinski definition) is 2. The largest absolute Gasteiger partial charge is 0.480 e. The fourth-order valence-corrected chi connectivity index (χ4v) is 2.32. The van der Waals surface area contributed by atoms with Crippen LogP contribution in [-0.2, 0) is 4.79 Å². The number of carboxylic acid groups (broad SMARTS) is 1. The van der Waals surface area contributed by atoms with E-state index in [1.54, 1.807) is 13.8 Å². The molecular formula is C13H14N2O4S. The molecule has 0 saturated carbocycles. The van der Waals surface area contributed by atoms with Crippen molar-refractivity contribution in [1.29, 1.82) is 0 Å². The first-order chi connectivity index (χ1) is 9.49. The number of hydrogen-bond acceptors (Lipinski definition) is 5. The zero-order chi connectivity index (χ0) is 14.7. The molecular weight excluding hydrogens is 280 g/mol. The number of aliphatic carboxylic acids is 1. The van der Waals surface area contributed by atoms with Crippen LogP contribution in [0.15, 0.2) is 28.1 Å². The van der Waals surface area contributed by atoms with E-state index in [0.29, 0.717) is 5.76 Å². The molecule has 1 atom stereocenters. The average molecular weight is 294 g/mol. The quantitative estimate of drug-likeness (QED) is 0.882. The molecule has 0 aromatic carbocycles. The molecule has 1 amide bonds. The van der Waals surface area contributed by atoms with Crippen LogP contribution in [0.25, 0.3) is 10.6 Å². The van der Waals surface area contributed by atoms with Crippen molar-refractivity contribution in [2.75, 3.05) is 0 Å². The second-order valence-electron chi connectivity index (χ2n) is 4.59. The molecule has 2 aromatic heterocycles. The predicted octanol–water partition coefficient (Wildman–Crippen LogP) is 2.24. The lowest BCUT2D eigenvalue weighted by Gasteiger charge is -2.16. The Morgan fingerprint density at radius 3 is 2.75 bits per heavy atom. The molecule has 0 spiro atoms. The molecule has 2 aromatic rings. The minimum atomic E-state index is -1.07. The third-order valence-corrected chi connectivity index (χ3v) is 3.61. The molecule has 0 unspecified atom stereocenters. The van der Waals surface area contributed by atoms with Crippen molar-refractivity contribution in [2.24, 2.45) is 5.92 Å². The SMILES string of the molecule is CC(C)[C@@H](NC(=O)c1cc(-c2cccs2)on1)C(=O)O. The van der Waals surface area contributed by atoms with E-state index in [9.17, 15) is 9.59 Å². The van der Waals surface area contributed by atoms with Gasteiger partial charge in [0.1, 0.15) is 6.04 Å². The van der Waals surface area contributed by atoms with Gasteiger partial charge in [0, 0.05) is 6.07 Å². The van der Waals surface area contributed by atoms with E-state index in [-0.39, 0.29) is 11.6 Å². The van der Waals surface area contributed by atoms with Crippen molar-refractivity contribution in [1.82, 2.24) is 10.5 Å². The van der Waals surface area contributed by atoms with Gasteiger partial charge in [-0.3, -0.25) is 4.79 Å². The van der Waals surface area contributed by atoms with E-state index in [1.165, 1.54) is 17.4 Å². The highest BCUT2D eigenvalue weighted by molar-refractivity contribution is 7.13. The monoisotopic (exact) mass is 294 g/mol. The summed E-state index contributed by atoms with van der Waals surface area (Å²) in [6.07, 6.45) is 0. The second kappa shape index (κ2) is 5.87. The van der Waals surface area contributed by atoms with E-state index in [4.69, 9.17) is 9.63 Å². The third kappa shape index (κ3) is 3.05. The van der Waals surface area contributed by atoms with Gasteiger partial charge in [-0.1, -0.05) is 25.1 Å². The molecule has 7 heteroatoms. The van der Waals surface area contributed by atoms with Crippen LogP contribution in [-0.4, -0.2) is 28.2 Å². The van der Waals surface area contributed by atoms with Gasteiger partial charge in [0.25, 0.3) is 5.91 Å². The van der Waals surface area contributed by atoms with E-state index in [0.717, 1.165) is 4.88 Å². The summed E-state index contributed by atoms with van der Waals surface area (Å²) in [6.45, 7) is 3.44. The average Bonchev–Trinajstić information content (AvgIpc) is 3.04. The van der Waals surface area contributed by atoms with Gasteiger partial charge in [-0.2, -0.15) is 0 Å². The summed E-state index contributed by atoms with van der Waals surface area (Å²) >= 11 is 1.47. The van der Waals surface area contributed by atoms with Gasteiger partial charge in [0.15, 0.2) is 11.5 Å². The van der Waals surface area contributed by atoms with Crippen LogP contribution in [0.1, 0.15) is 24.3 Å². The Kier molecular flexibility index (Phi) is 4.19. The fraction of sp³-hybridized carbons (Fsp3) is 0.308. The zero-order valence-electron chi connectivity index (χ0n) is 11.0. The van der Waals surface area contributed by atoms with Crippen LogP contribution in [0.3, 0.4) is 0 Å². The number of carbonyl (C=O) groups excluding carboxylic acids is 1. The number of thiophene rings is 1.